The number of rotatable bonds is 7. The van der Waals surface area contributed by atoms with Crippen LogP contribution >= 0.6 is 11.6 Å². The monoisotopic (exact) mass is 309 g/mol. The van der Waals surface area contributed by atoms with Crippen LogP contribution in [0.4, 0.5) is 4.39 Å². The highest BCUT2D eigenvalue weighted by molar-refractivity contribution is 6.31. The molecule has 2 aromatic rings. The molecule has 3 nitrogen and oxygen atoms in total. The van der Waals surface area contributed by atoms with Gasteiger partial charge in [0.1, 0.15) is 11.6 Å². The number of halogens is 2. The predicted octanol–water partition coefficient (Wildman–Crippen LogP) is 3.98. The summed E-state index contributed by atoms with van der Waals surface area (Å²) >= 11 is 6.15. The molecule has 1 unspecified atom stereocenters. The summed E-state index contributed by atoms with van der Waals surface area (Å²) in [5.74, 6) is 0.658. The molecule has 1 aromatic heterocycles. The maximum absolute atomic E-state index is 14.0. The lowest BCUT2D eigenvalue weighted by Crippen LogP contribution is -2.27. The second-order valence-electron chi connectivity index (χ2n) is 4.98. The van der Waals surface area contributed by atoms with Crippen molar-refractivity contribution in [2.24, 2.45) is 0 Å². The van der Waals surface area contributed by atoms with Crippen molar-refractivity contribution in [2.45, 2.75) is 39.3 Å². The van der Waals surface area contributed by atoms with Crippen molar-refractivity contribution in [3.05, 3.63) is 52.8 Å². The first-order valence-corrected chi connectivity index (χ1v) is 7.72. The van der Waals surface area contributed by atoms with Crippen LogP contribution in [-0.4, -0.2) is 16.1 Å². The van der Waals surface area contributed by atoms with Crippen LogP contribution in [0.25, 0.3) is 0 Å². The number of hydrogen-bond acceptors (Lipinski definition) is 2. The Balaban J connectivity index is 2.28. The Bertz CT molecular complexity index is 562. The standard InChI is InChI=1S/C16H21ClFN3/c1-3-8-19-15(16-20-9-10-21(16)4-2)11-12-13(17)6-5-7-14(12)18/h5-7,9-10,15,19H,3-4,8,11H2,1-2H3. The second kappa shape index (κ2) is 7.57. The molecule has 0 saturated heterocycles. The van der Waals surface area contributed by atoms with Gasteiger partial charge in [-0.15, -0.1) is 0 Å². The molecule has 21 heavy (non-hydrogen) atoms. The van der Waals surface area contributed by atoms with E-state index >= 15 is 0 Å². The lowest BCUT2D eigenvalue weighted by Gasteiger charge is -2.20. The minimum Gasteiger partial charge on any atom is -0.334 e. The molecule has 0 aliphatic rings. The quantitative estimate of drug-likeness (QED) is 0.838. The number of nitrogens with one attached hydrogen (secondary N) is 1. The molecule has 5 heteroatoms. The zero-order valence-corrected chi connectivity index (χ0v) is 13.2. The zero-order chi connectivity index (χ0) is 15.2. The third-order valence-electron chi connectivity index (χ3n) is 3.51. The van der Waals surface area contributed by atoms with Crippen molar-refractivity contribution < 1.29 is 4.39 Å². The first kappa shape index (κ1) is 16.0. The summed E-state index contributed by atoms with van der Waals surface area (Å²) in [6.45, 7) is 5.86. The Morgan fingerprint density at radius 1 is 1.38 bits per heavy atom. The van der Waals surface area contributed by atoms with Crippen LogP contribution in [0.2, 0.25) is 5.02 Å². The van der Waals surface area contributed by atoms with Gasteiger partial charge < -0.3 is 9.88 Å². The second-order valence-corrected chi connectivity index (χ2v) is 5.39. The summed E-state index contributed by atoms with van der Waals surface area (Å²) in [7, 11) is 0. The lowest BCUT2D eigenvalue weighted by atomic mass is 10.0. The van der Waals surface area contributed by atoms with Crippen LogP contribution in [0.5, 0.6) is 0 Å². The Kier molecular flexibility index (Phi) is 5.76. The van der Waals surface area contributed by atoms with Crippen molar-refractivity contribution in [3.8, 4) is 0 Å². The van der Waals surface area contributed by atoms with E-state index in [4.69, 9.17) is 11.6 Å². The Labute approximate surface area is 130 Å². The van der Waals surface area contributed by atoms with Crippen LogP contribution in [-0.2, 0) is 13.0 Å². The Morgan fingerprint density at radius 2 is 2.19 bits per heavy atom. The first-order valence-electron chi connectivity index (χ1n) is 7.34. The number of aromatic nitrogens is 2. The highest BCUT2D eigenvalue weighted by Gasteiger charge is 2.19. The minimum atomic E-state index is -0.264. The SMILES string of the molecule is CCCNC(Cc1c(F)cccc1Cl)c1nccn1CC. The highest BCUT2D eigenvalue weighted by Crippen LogP contribution is 2.25. The average molecular weight is 310 g/mol. The average Bonchev–Trinajstić information content (AvgIpc) is 2.94. The summed E-state index contributed by atoms with van der Waals surface area (Å²) in [6.07, 6.45) is 5.22. The topological polar surface area (TPSA) is 29.9 Å². The molecule has 1 N–H and O–H groups in total. The van der Waals surface area contributed by atoms with Gasteiger partial charge in [-0.3, -0.25) is 0 Å². The van der Waals surface area contributed by atoms with Gasteiger partial charge in [0.25, 0.3) is 0 Å². The number of nitrogens with zero attached hydrogens (tertiary/aromatic N) is 2. The van der Waals surface area contributed by atoms with Gasteiger partial charge in [0, 0.05) is 29.5 Å². The molecular formula is C16H21ClFN3. The maximum atomic E-state index is 14.0. The highest BCUT2D eigenvalue weighted by atomic mass is 35.5. The van der Waals surface area contributed by atoms with Crippen LogP contribution in [0.1, 0.15) is 37.7 Å². The van der Waals surface area contributed by atoms with Gasteiger partial charge >= 0.3 is 0 Å². The largest absolute Gasteiger partial charge is 0.334 e. The molecule has 1 aromatic carbocycles. The van der Waals surface area contributed by atoms with E-state index in [1.807, 2.05) is 6.20 Å². The van der Waals surface area contributed by atoms with E-state index in [9.17, 15) is 4.39 Å². The predicted molar refractivity (Wildman–Crippen MR) is 84.0 cm³/mol. The molecule has 0 spiro atoms. The van der Waals surface area contributed by atoms with Crippen LogP contribution in [0.3, 0.4) is 0 Å². The summed E-state index contributed by atoms with van der Waals surface area (Å²) in [4.78, 5) is 4.43. The molecule has 2 rings (SSSR count). The van der Waals surface area contributed by atoms with Gasteiger partial charge in [-0.2, -0.15) is 0 Å². The number of imidazole rings is 1. The molecule has 0 aliphatic heterocycles. The molecule has 0 saturated carbocycles. The van der Waals surface area contributed by atoms with Gasteiger partial charge in [0.15, 0.2) is 0 Å². The molecular weight excluding hydrogens is 289 g/mol. The van der Waals surface area contributed by atoms with E-state index in [0.717, 1.165) is 25.3 Å². The van der Waals surface area contributed by atoms with Gasteiger partial charge in [-0.05, 0) is 38.4 Å². The summed E-state index contributed by atoms with van der Waals surface area (Å²) in [5, 5.41) is 3.91. The van der Waals surface area contributed by atoms with E-state index in [1.165, 1.54) is 6.07 Å². The maximum Gasteiger partial charge on any atom is 0.127 e. The van der Waals surface area contributed by atoms with Gasteiger partial charge in [0.05, 0.1) is 6.04 Å². The first-order chi connectivity index (χ1) is 10.2. The van der Waals surface area contributed by atoms with Crippen LogP contribution in [0, 0.1) is 5.82 Å². The zero-order valence-electron chi connectivity index (χ0n) is 12.4. The lowest BCUT2D eigenvalue weighted by molar-refractivity contribution is 0.473. The molecule has 114 valence electrons. The van der Waals surface area contributed by atoms with Gasteiger partial charge in [0.2, 0.25) is 0 Å². The van der Waals surface area contributed by atoms with E-state index in [2.05, 4.69) is 28.7 Å². The van der Waals surface area contributed by atoms with Crippen molar-refractivity contribution in [1.82, 2.24) is 14.9 Å². The van der Waals surface area contributed by atoms with Crippen molar-refractivity contribution in [3.63, 3.8) is 0 Å². The summed E-state index contributed by atoms with van der Waals surface area (Å²) in [6, 6.07) is 4.75. The summed E-state index contributed by atoms with van der Waals surface area (Å²) in [5.41, 5.74) is 0.540. The fourth-order valence-electron chi connectivity index (χ4n) is 2.40. The van der Waals surface area contributed by atoms with Crippen LogP contribution < -0.4 is 5.32 Å². The Hall–Kier alpha value is -1.39. The van der Waals surface area contributed by atoms with E-state index in [-0.39, 0.29) is 11.9 Å². The normalized spacial score (nSPS) is 12.6. The summed E-state index contributed by atoms with van der Waals surface area (Å²) < 4.78 is 16.1. The third kappa shape index (κ3) is 3.83. The molecule has 1 atom stereocenters. The van der Waals surface area contributed by atoms with Gasteiger partial charge in [-0.25, -0.2) is 9.37 Å². The van der Waals surface area contributed by atoms with Crippen molar-refractivity contribution in [2.75, 3.05) is 6.54 Å². The van der Waals surface area contributed by atoms with Crippen LogP contribution in [0.15, 0.2) is 30.6 Å². The van der Waals surface area contributed by atoms with E-state index in [1.54, 1.807) is 18.3 Å². The molecule has 0 amide bonds. The van der Waals surface area contributed by atoms with E-state index in [0.29, 0.717) is 17.0 Å². The number of hydrogen-bond donors (Lipinski definition) is 1. The molecule has 0 radical (unpaired) electrons. The fraction of sp³-hybridized carbons (Fsp3) is 0.438. The van der Waals surface area contributed by atoms with Gasteiger partial charge in [-0.1, -0.05) is 24.6 Å². The molecule has 0 bridgehead atoms. The molecule has 0 aliphatic carbocycles. The van der Waals surface area contributed by atoms with Crippen molar-refractivity contribution in [1.29, 1.82) is 0 Å². The van der Waals surface area contributed by atoms with E-state index < -0.39 is 0 Å². The Morgan fingerprint density at radius 3 is 2.86 bits per heavy atom. The molecule has 0 fully saturated rings. The number of aryl methyl sites for hydroxylation is 1. The van der Waals surface area contributed by atoms with Crippen molar-refractivity contribution >= 4 is 11.6 Å². The number of benzene rings is 1. The third-order valence-corrected chi connectivity index (χ3v) is 3.86. The smallest absolute Gasteiger partial charge is 0.127 e. The molecule has 1 heterocycles. The minimum absolute atomic E-state index is 0.0469. The fourth-order valence-corrected chi connectivity index (χ4v) is 2.64.